The van der Waals surface area contributed by atoms with Crippen molar-refractivity contribution in [3.8, 4) is 0 Å². The minimum Gasteiger partial charge on any atom is -0.726 e. The zero-order valence-corrected chi connectivity index (χ0v) is 12.8. The monoisotopic (exact) mass is 322 g/mol. The maximum atomic E-state index is 11.8. The van der Waals surface area contributed by atoms with Crippen molar-refractivity contribution in [3.05, 3.63) is 41.7 Å². The summed E-state index contributed by atoms with van der Waals surface area (Å²) in [4.78, 5) is 16.2. The Balaban J connectivity index is 0.000000254. The van der Waals surface area contributed by atoms with Crippen LogP contribution in [0.2, 0.25) is 0 Å². The molecule has 0 aliphatic heterocycles. The highest BCUT2D eigenvalue weighted by Gasteiger charge is 2.24. The number of rotatable bonds is 1. The number of hydrogen-bond acceptors (Lipinski definition) is 6. The topological polar surface area (TPSA) is 100 Å². The number of hydrogen-bond donors (Lipinski definition) is 0. The number of para-hydroxylation sites is 2. The Morgan fingerprint density at radius 3 is 2.59 bits per heavy atom. The number of aryl methyl sites for hydroxylation is 1. The molecule has 0 N–H and O–H groups in total. The van der Waals surface area contributed by atoms with Crippen molar-refractivity contribution in [1.29, 1.82) is 0 Å². The molecule has 0 bridgehead atoms. The molecule has 0 fully saturated rings. The van der Waals surface area contributed by atoms with Crippen molar-refractivity contribution in [2.45, 2.75) is 6.42 Å². The van der Waals surface area contributed by atoms with Crippen LogP contribution in [-0.2, 0) is 21.6 Å². The van der Waals surface area contributed by atoms with Gasteiger partial charge in [0.2, 0.25) is 21.6 Å². The van der Waals surface area contributed by atoms with Crippen LogP contribution in [0.3, 0.4) is 0 Å². The number of nitrogens with zero attached hydrogens (tertiary/aromatic N) is 2. The van der Waals surface area contributed by atoms with Crippen molar-refractivity contribution in [1.82, 2.24) is 4.98 Å². The molecular formula is C14H14N2O5S. The molecule has 2 aromatic rings. The van der Waals surface area contributed by atoms with E-state index in [1.807, 2.05) is 48.0 Å². The molecule has 1 aromatic carbocycles. The van der Waals surface area contributed by atoms with Crippen LogP contribution in [-0.4, -0.2) is 30.8 Å². The fourth-order valence-corrected chi connectivity index (χ4v) is 2.08. The predicted octanol–water partition coefficient (Wildman–Crippen LogP) is 0.752. The Morgan fingerprint density at radius 2 is 1.95 bits per heavy atom. The lowest BCUT2D eigenvalue weighted by Gasteiger charge is -2.07. The number of Topliss-reactive ketones (excluding diaryl/α,β-unsaturated/α-hetero) is 1. The van der Waals surface area contributed by atoms with Gasteiger partial charge < -0.3 is 4.55 Å². The number of fused-ring (bicyclic) bond motifs is 2. The lowest BCUT2D eigenvalue weighted by Crippen LogP contribution is -2.36. The summed E-state index contributed by atoms with van der Waals surface area (Å²) in [6.07, 6.45) is 4.32. The van der Waals surface area contributed by atoms with E-state index in [-0.39, 0.29) is 5.78 Å². The lowest BCUT2D eigenvalue weighted by molar-refractivity contribution is -0.647. The largest absolute Gasteiger partial charge is 0.726 e. The third-order valence-corrected chi connectivity index (χ3v) is 3.53. The molecule has 0 spiro atoms. The Bertz CT molecular complexity index is 859. The summed E-state index contributed by atoms with van der Waals surface area (Å²) in [6, 6.07) is 7.85. The van der Waals surface area contributed by atoms with Crippen LogP contribution in [0.15, 0.2) is 30.3 Å². The molecule has 1 aliphatic carbocycles. The summed E-state index contributed by atoms with van der Waals surface area (Å²) in [7, 11) is -1.64. The van der Waals surface area contributed by atoms with Gasteiger partial charge in [-0.2, -0.15) is 4.57 Å². The fourth-order valence-electron chi connectivity index (χ4n) is 2.08. The van der Waals surface area contributed by atoms with E-state index in [2.05, 4.69) is 9.17 Å². The van der Waals surface area contributed by atoms with E-state index in [1.165, 1.54) is 0 Å². The van der Waals surface area contributed by atoms with Gasteiger partial charge in [-0.3, -0.25) is 8.98 Å². The SMILES string of the molecule is COS(=O)(=O)[O-].C[n+]1c2c(nc3ccccc31)C(=O)CC=C2. The second-order valence-corrected chi connectivity index (χ2v) is 5.65. The predicted molar refractivity (Wildman–Crippen MR) is 77.6 cm³/mol. The molecule has 0 unspecified atom stereocenters. The van der Waals surface area contributed by atoms with Crippen LogP contribution >= 0.6 is 0 Å². The highest BCUT2D eigenvalue weighted by Crippen LogP contribution is 2.17. The average molecular weight is 322 g/mol. The maximum absolute atomic E-state index is 11.8. The standard InChI is InChI=1S/C13H11N2O.CH4O4S/c1-15-10-6-3-2-5-9(10)14-13-11(15)7-4-8-12(13)16;1-5-6(2,3)4/h2-7H,8H2,1H3;1H3,(H,2,3,4)/q+1;/p-1. The van der Waals surface area contributed by atoms with Gasteiger partial charge in [0.25, 0.3) is 0 Å². The van der Waals surface area contributed by atoms with E-state index in [1.54, 1.807) is 0 Å². The Kier molecular flexibility index (Phi) is 4.65. The molecule has 0 atom stereocenters. The lowest BCUT2D eigenvalue weighted by atomic mass is 10.1. The molecular weight excluding hydrogens is 308 g/mol. The molecule has 1 heterocycles. The maximum Gasteiger partial charge on any atom is 0.234 e. The number of aromatic nitrogens is 2. The Hall–Kier alpha value is -2.16. The molecule has 1 aromatic heterocycles. The number of carbonyl (C=O) groups excluding carboxylic acids is 1. The van der Waals surface area contributed by atoms with Gasteiger partial charge >= 0.3 is 0 Å². The zero-order chi connectivity index (χ0) is 16.3. The van der Waals surface area contributed by atoms with Crippen LogP contribution in [0.5, 0.6) is 0 Å². The molecule has 0 amide bonds. The molecule has 7 nitrogen and oxygen atoms in total. The Morgan fingerprint density at radius 1 is 1.32 bits per heavy atom. The minimum atomic E-state index is -4.41. The summed E-state index contributed by atoms with van der Waals surface area (Å²) in [5.41, 5.74) is 3.40. The smallest absolute Gasteiger partial charge is 0.234 e. The highest BCUT2D eigenvalue weighted by molar-refractivity contribution is 7.80. The van der Waals surface area contributed by atoms with Gasteiger partial charge in [0.1, 0.15) is 12.6 Å². The summed E-state index contributed by atoms with van der Waals surface area (Å²) < 4.78 is 33.0. The third kappa shape index (κ3) is 3.53. The van der Waals surface area contributed by atoms with Crippen molar-refractivity contribution < 1.29 is 26.5 Å². The van der Waals surface area contributed by atoms with Gasteiger partial charge in [-0.05, 0) is 6.07 Å². The van der Waals surface area contributed by atoms with Gasteiger partial charge in [-0.1, -0.05) is 18.2 Å². The first-order valence-electron chi connectivity index (χ1n) is 6.33. The number of allylic oxidation sites excluding steroid dienone is 1. The molecule has 0 saturated heterocycles. The molecule has 0 radical (unpaired) electrons. The summed E-state index contributed by atoms with van der Waals surface area (Å²) >= 11 is 0. The molecule has 3 rings (SSSR count). The average Bonchev–Trinajstić information content (AvgIpc) is 2.49. The number of benzene rings is 1. The molecule has 0 saturated carbocycles. The summed E-state index contributed by atoms with van der Waals surface area (Å²) in [5.74, 6) is 0.0962. The van der Waals surface area contributed by atoms with Crippen molar-refractivity contribution in [2.75, 3.05) is 7.11 Å². The van der Waals surface area contributed by atoms with E-state index in [9.17, 15) is 17.8 Å². The van der Waals surface area contributed by atoms with Crippen molar-refractivity contribution >= 4 is 33.3 Å². The van der Waals surface area contributed by atoms with Crippen LogP contribution in [0.1, 0.15) is 22.6 Å². The van der Waals surface area contributed by atoms with Gasteiger partial charge in [0, 0.05) is 18.6 Å². The quantitative estimate of drug-likeness (QED) is 0.436. The second kappa shape index (κ2) is 6.30. The van der Waals surface area contributed by atoms with E-state index >= 15 is 0 Å². The normalized spacial score (nSPS) is 13.5. The minimum absolute atomic E-state index is 0.0962. The fraction of sp³-hybridized carbons (Fsp3) is 0.214. The first-order chi connectivity index (χ1) is 10.3. The summed E-state index contributed by atoms with van der Waals surface area (Å²) in [6.45, 7) is 0. The Labute approximate surface area is 127 Å². The van der Waals surface area contributed by atoms with Gasteiger partial charge in [-0.25, -0.2) is 13.4 Å². The van der Waals surface area contributed by atoms with E-state index in [0.29, 0.717) is 12.1 Å². The molecule has 8 heteroatoms. The van der Waals surface area contributed by atoms with Crippen LogP contribution in [0.25, 0.3) is 17.1 Å². The molecule has 1 aliphatic rings. The second-order valence-electron chi connectivity index (χ2n) is 4.50. The van der Waals surface area contributed by atoms with Crippen molar-refractivity contribution in [3.63, 3.8) is 0 Å². The van der Waals surface area contributed by atoms with Crippen LogP contribution in [0.4, 0.5) is 0 Å². The van der Waals surface area contributed by atoms with Crippen molar-refractivity contribution in [2.24, 2.45) is 7.05 Å². The first kappa shape index (κ1) is 16.2. The van der Waals surface area contributed by atoms with E-state index in [0.717, 1.165) is 23.8 Å². The molecule has 116 valence electrons. The van der Waals surface area contributed by atoms with E-state index in [4.69, 9.17) is 0 Å². The molecule has 22 heavy (non-hydrogen) atoms. The van der Waals surface area contributed by atoms with E-state index < -0.39 is 10.4 Å². The van der Waals surface area contributed by atoms with Crippen LogP contribution < -0.4 is 4.57 Å². The van der Waals surface area contributed by atoms with Gasteiger partial charge in [-0.15, -0.1) is 0 Å². The third-order valence-electron chi connectivity index (χ3n) is 3.13. The number of ketones is 1. The first-order valence-corrected chi connectivity index (χ1v) is 7.67. The highest BCUT2D eigenvalue weighted by atomic mass is 32.3. The van der Waals surface area contributed by atoms with Gasteiger partial charge in [0.05, 0.1) is 7.11 Å². The number of carbonyl (C=O) groups is 1. The van der Waals surface area contributed by atoms with Crippen LogP contribution in [0, 0.1) is 0 Å². The zero-order valence-electron chi connectivity index (χ0n) is 12.0. The van der Waals surface area contributed by atoms with Gasteiger partial charge in [0.15, 0.2) is 11.5 Å². The summed E-state index contributed by atoms with van der Waals surface area (Å²) in [5, 5.41) is 0.